The van der Waals surface area contributed by atoms with Crippen LogP contribution < -0.4 is 10.1 Å². The molecule has 0 bridgehead atoms. The molecule has 1 saturated heterocycles. The van der Waals surface area contributed by atoms with Gasteiger partial charge in [0.1, 0.15) is 29.5 Å². The lowest BCUT2D eigenvalue weighted by Crippen LogP contribution is -2.70. The smallest absolute Gasteiger partial charge is 0.356 e. The summed E-state index contributed by atoms with van der Waals surface area (Å²) in [6, 6.07) is 23.8. The second kappa shape index (κ2) is 12.5. The zero-order valence-electron chi connectivity index (χ0n) is 21.0. The number of carbonyl (C=O) groups excluding carboxylic acids is 3. The van der Waals surface area contributed by atoms with E-state index in [1.165, 1.54) is 28.4 Å². The van der Waals surface area contributed by atoms with Crippen LogP contribution in [0.1, 0.15) is 11.1 Å². The van der Waals surface area contributed by atoms with Gasteiger partial charge in [0.15, 0.2) is 0 Å². The first-order chi connectivity index (χ1) is 18.9. The maximum atomic E-state index is 13.5. The van der Waals surface area contributed by atoms with Gasteiger partial charge >= 0.3 is 5.97 Å². The van der Waals surface area contributed by atoms with Crippen LogP contribution in [0.2, 0.25) is 0 Å². The molecule has 1 fully saturated rings. The summed E-state index contributed by atoms with van der Waals surface area (Å²) < 4.78 is 11.9. The monoisotopic (exact) mass is 672 g/mol. The minimum absolute atomic E-state index is 0.0597. The van der Waals surface area contributed by atoms with Crippen LogP contribution in [0.3, 0.4) is 0 Å². The third kappa shape index (κ3) is 6.28. The third-order valence-electron chi connectivity index (χ3n) is 6.25. The Morgan fingerprint density at radius 1 is 1.03 bits per heavy atom. The lowest BCUT2D eigenvalue weighted by atomic mass is 10.0. The van der Waals surface area contributed by atoms with Gasteiger partial charge in [-0.25, -0.2) is 4.79 Å². The van der Waals surface area contributed by atoms with E-state index in [1.54, 1.807) is 19.2 Å². The Balaban J connectivity index is 1.34. The number of esters is 1. The van der Waals surface area contributed by atoms with Crippen molar-refractivity contribution in [1.82, 2.24) is 10.2 Å². The normalized spacial score (nSPS) is 18.2. The van der Waals surface area contributed by atoms with Crippen molar-refractivity contribution in [3.8, 4) is 5.75 Å². The zero-order chi connectivity index (χ0) is 27.4. The second-order valence-electron chi connectivity index (χ2n) is 8.85. The topological polar surface area (TPSA) is 84.9 Å². The summed E-state index contributed by atoms with van der Waals surface area (Å²) in [7, 11) is 1.59. The molecule has 5 rings (SSSR count). The number of hydrogen-bond acceptors (Lipinski definition) is 7. The third-order valence-corrected chi connectivity index (χ3v) is 10.2. The Morgan fingerprint density at radius 2 is 1.74 bits per heavy atom. The molecule has 2 amide bonds. The van der Waals surface area contributed by atoms with Crippen molar-refractivity contribution in [2.75, 3.05) is 12.9 Å². The lowest BCUT2D eigenvalue weighted by molar-refractivity contribution is -0.153. The molecule has 2 aliphatic rings. The Hall–Kier alpha value is -2.96. The summed E-state index contributed by atoms with van der Waals surface area (Å²) in [5.74, 6) is 0.120. The van der Waals surface area contributed by atoms with Gasteiger partial charge in [0, 0.05) is 19.1 Å². The molecule has 3 aromatic rings. The molecule has 0 radical (unpaired) electrons. The first kappa shape index (κ1) is 27.6. The van der Waals surface area contributed by atoms with Crippen LogP contribution in [-0.2, 0) is 32.1 Å². The molecule has 3 aromatic carbocycles. The highest BCUT2D eigenvalue weighted by molar-refractivity contribution is 14.1. The van der Waals surface area contributed by atoms with Crippen LogP contribution in [0.15, 0.2) is 94.4 Å². The van der Waals surface area contributed by atoms with E-state index < -0.39 is 12.0 Å². The van der Waals surface area contributed by atoms with Gasteiger partial charge in [-0.2, -0.15) is 0 Å². The summed E-state index contributed by atoms with van der Waals surface area (Å²) in [4.78, 5) is 42.7. The molecule has 0 aromatic heterocycles. The highest BCUT2D eigenvalue weighted by Gasteiger charge is 2.54. The molecule has 0 unspecified atom stereocenters. The van der Waals surface area contributed by atoms with E-state index in [1.807, 2.05) is 66.7 Å². The number of nitrogens with zero attached hydrogens (tertiary/aromatic N) is 1. The number of hydrogen-bond donors (Lipinski definition) is 1. The van der Waals surface area contributed by atoms with Crippen LogP contribution in [0.4, 0.5) is 0 Å². The van der Waals surface area contributed by atoms with Crippen LogP contribution in [0, 0.1) is 3.57 Å². The van der Waals surface area contributed by atoms with Crippen LogP contribution in [0.5, 0.6) is 5.75 Å². The average Bonchev–Trinajstić information content (AvgIpc) is 2.96. The molecule has 7 nitrogen and oxygen atoms in total. The molecule has 2 heterocycles. The zero-order valence-corrected chi connectivity index (χ0v) is 24.8. The molecular weight excluding hydrogens is 647 g/mol. The fourth-order valence-corrected chi connectivity index (χ4v) is 7.47. The number of ether oxygens (including phenoxy) is 2. The van der Waals surface area contributed by atoms with E-state index in [9.17, 15) is 14.4 Å². The molecule has 0 saturated carbocycles. The quantitative estimate of drug-likeness (QED) is 0.195. The first-order valence-corrected chi connectivity index (χ1v) is 15.1. The van der Waals surface area contributed by atoms with E-state index in [-0.39, 0.29) is 35.9 Å². The van der Waals surface area contributed by atoms with Crippen molar-refractivity contribution in [3.05, 3.63) is 104 Å². The number of halogens is 1. The Kier molecular flexibility index (Phi) is 8.83. The summed E-state index contributed by atoms with van der Waals surface area (Å²) >= 11 is 5.26. The number of methoxy groups -OCH3 is 1. The van der Waals surface area contributed by atoms with E-state index in [2.05, 4.69) is 27.9 Å². The summed E-state index contributed by atoms with van der Waals surface area (Å²) in [5, 5.41) is 2.50. The number of benzene rings is 3. The van der Waals surface area contributed by atoms with Crippen molar-refractivity contribution in [2.45, 2.75) is 29.3 Å². The van der Waals surface area contributed by atoms with Gasteiger partial charge in [-0.05, 0) is 58.0 Å². The van der Waals surface area contributed by atoms with Gasteiger partial charge < -0.3 is 14.8 Å². The van der Waals surface area contributed by atoms with Gasteiger partial charge in [-0.15, -0.1) is 11.8 Å². The van der Waals surface area contributed by atoms with Crippen LogP contribution >= 0.6 is 46.1 Å². The largest absolute Gasteiger partial charge is 0.497 e. The molecule has 200 valence electrons. The van der Waals surface area contributed by atoms with Crippen molar-refractivity contribution in [1.29, 1.82) is 0 Å². The maximum Gasteiger partial charge on any atom is 0.356 e. The van der Waals surface area contributed by atoms with Gasteiger partial charge in [0.05, 0.1) is 13.5 Å². The Labute approximate surface area is 248 Å². The number of β-lactam (4-membered cyclic amide) rings is 1. The molecule has 0 aliphatic carbocycles. The van der Waals surface area contributed by atoms with Crippen LogP contribution in [-0.4, -0.2) is 47.0 Å². The predicted molar refractivity (Wildman–Crippen MR) is 160 cm³/mol. The van der Waals surface area contributed by atoms with E-state index in [0.29, 0.717) is 11.5 Å². The average molecular weight is 673 g/mol. The van der Waals surface area contributed by atoms with Gasteiger partial charge in [-0.3, -0.25) is 14.5 Å². The standard InChI is InChI=1S/C29H25IN2O5S2/c1-36-20-13-11-19(12-14-20)16-37-29(35)26-23(39-22-10-6-5-9-21(22)30)17-38-28-25(27(34)32(26)28)31-24(33)15-18-7-3-2-4-8-18/h2-14,25,28H,15-17H2,1H3,(H,31,33)/t25-,28+/m1/s1. The Bertz CT molecular complexity index is 1410. The van der Waals surface area contributed by atoms with Crippen molar-refractivity contribution >= 4 is 63.9 Å². The lowest BCUT2D eigenvalue weighted by Gasteiger charge is -2.49. The van der Waals surface area contributed by atoms with Crippen molar-refractivity contribution in [3.63, 3.8) is 0 Å². The van der Waals surface area contributed by atoms with Crippen molar-refractivity contribution < 1.29 is 23.9 Å². The molecule has 0 spiro atoms. The fraction of sp³-hybridized carbons (Fsp3) is 0.207. The predicted octanol–water partition coefficient (Wildman–Crippen LogP) is 4.99. The van der Waals surface area contributed by atoms with Gasteiger partial charge in [-0.1, -0.05) is 66.4 Å². The van der Waals surface area contributed by atoms with Crippen molar-refractivity contribution in [2.24, 2.45) is 0 Å². The minimum atomic E-state index is -0.695. The molecule has 2 atom stereocenters. The Morgan fingerprint density at radius 3 is 2.46 bits per heavy atom. The highest BCUT2D eigenvalue weighted by atomic mass is 127. The van der Waals surface area contributed by atoms with E-state index in [4.69, 9.17) is 9.47 Å². The molecule has 2 aliphatic heterocycles. The first-order valence-electron chi connectivity index (χ1n) is 12.2. The maximum absolute atomic E-state index is 13.5. The minimum Gasteiger partial charge on any atom is -0.497 e. The highest BCUT2D eigenvalue weighted by Crippen LogP contribution is 2.46. The van der Waals surface area contributed by atoms with Crippen LogP contribution in [0.25, 0.3) is 0 Å². The van der Waals surface area contributed by atoms with Gasteiger partial charge in [0.2, 0.25) is 5.91 Å². The number of rotatable bonds is 9. The summed E-state index contributed by atoms with van der Waals surface area (Å²) in [6.07, 6.45) is 0.183. The number of amides is 2. The summed E-state index contributed by atoms with van der Waals surface area (Å²) in [6.45, 7) is 0.0597. The molecule has 10 heteroatoms. The van der Waals surface area contributed by atoms with E-state index >= 15 is 0 Å². The fourth-order valence-electron chi connectivity index (χ4n) is 4.26. The second-order valence-corrected chi connectivity index (χ2v) is 12.2. The molecular formula is C29H25IN2O5S2. The number of fused-ring (bicyclic) bond motifs is 1. The van der Waals surface area contributed by atoms with E-state index in [0.717, 1.165) is 24.5 Å². The molecule has 39 heavy (non-hydrogen) atoms. The number of carbonyl (C=O) groups is 3. The number of thioether (sulfide) groups is 2. The number of nitrogens with one attached hydrogen (secondary N) is 1. The molecule has 1 N–H and O–H groups in total. The summed E-state index contributed by atoms with van der Waals surface area (Å²) in [5.41, 5.74) is 1.92. The van der Waals surface area contributed by atoms with Gasteiger partial charge in [0.25, 0.3) is 5.91 Å². The SMILES string of the molecule is COc1ccc(COC(=O)C2=C(Sc3ccccc3I)CS[C@H]3[C@H](NC(=O)Cc4ccccc4)C(=O)N23)cc1.